The van der Waals surface area contributed by atoms with Crippen LogP contribution >= 0.6 is 11.8 Å². The highest BCUT2D eigenvalue weighted by Gasteiger charge is 2.24. The summed E-state index contributed by atoms with van der Waals surface area (Å²) in [6.45, 7) is 1.68. The smallest absolute Gasteiger partial charge is 0.178 e. The minimum Gasteiger partial charge on any atom is -0.383 e. The van der Waals surface area contributed by atoms with E-state index >= 15 is 0 Å². The van der Waals surface area contributed by atoms with E-state index < -0.39 is 0 Å². The maximum atomic E-state index is 13.1. The Morgan fingerprint density at radius 2 is 1.61 bits per heavy atom. The maximum absolute atomic E-state index is 13.1. The van der Waals surface area contributed by atoms with Crippen molar-refractivity contribution >= 4 is 23.4 Å². The molecule has 160 valence electrons. The highest BCUT2D eigenvalue weighted by atomic mass is 32.2. The van der Waals surface area contributed by atoms with Gasteiger partial charge in [-0.2, -0.15) is 10.5 Å². The van der Waals surface area contributed by atoms with Crippen LogP contribution < -0.4 is 5.73 Å². The van der Waals surface area contributed by atoms with Crippen LogP contribution in [0.2, 0.25) is 0 Å². The maximum Gasteiger partial charge on any atom is 0.178 e. The van der Waals surface area contributed by atoms with Gasteiger partial charge in [0.15, 0.2) is 5.78 Å². The fourth-order valence-electron chi connectivity index (χ4n) is 3.50. The average molecular weight is 452 g/mol. The van der Waals surface area contributed by atoms with Crippen molar-refractivity contribution in [2.24, 2.45) is 0 Å². The van der Waals surface area contributed by atoms with Gasteiger partial charge in [0.2, 0.25) is 0 Å². The Morgan fingerprint density at radius 3 is 2.21 bits per heavy atom. The number of nitriles is 2. The van der Waals surface area contributed by atoms with E-state index in [9.17, 15) is 15.3 Å². The number of hydrogen-bond acceptors (Lipinski definition) is 8. The molecule has 2 N–H and O–H groups in total. The summed E-state index contributed by atoms with van der Waals surface area (Å²) in [5.74, 6) is 0.199. The average Bonchev–Trinajstić information content (AvgIpc) is 3.24. The number of Topliss-reactive ketones (excluding diaryl/α,β-unsaturated/α-hetero) is 1. The summed E-state index contributed by atoms with van der Waals surface area (Å²) in [5, 5.41) is 23.9. The van der Waals surface area contributed by atoms with Crippen LogP contribution in [0.1, 0.15) is 27.2 Å². The SMILES string of the molecule is Cc1onc(-c2ccccc2)c1C(=O)CSc1nc(N)c(C#N)c(-c2ccccc2)c1C#N. The lowest BCUT2D eigenvalue weighted by Crippen LogP contribution is -2.07. The van der Waals surface area contributed by atoms with E-state index in [1.807, 2.05) is 54.6 Å². The number of benzene rings is 2. The number of aromatic nitrogens is 2. The number of ketones is 1. The zero-order chi connectivity index (χ0) is 23.4. The van der Waals surface area contributed by atoms with Crippen molar-refractivity contribution < 1.29 is 9.32 Å². The quantitative estimate of drug-likeness (QED) is 0.320. The topological polar surface area (TPSA) is 130 Å². The second kappa shape index (κ2) is 9.39. The number of anilines is 1. The largest absolute Gasteiger partial charge is 0.383 e. The van der Waals surface area contributed by atoms with E-state index in [0.29, 0.717) is 28.1 Å². The zero-order valence-corrected chi connectivity index (χ0v) is 18.4. The summed E-state index contributed by atoms with van der Waals surface area (Å²) in [6.07, 6.45) is 0. The summed E-state index contributed by atoms with van der Waals surface area (Å²) in [6, 6.07) is 22.5. The third-order valence-corrected chi connectivity index (χ3v) is 5.98. The Hall–Kier alpha value is -4.40. The molecule has 8 heteroatoms. The third-order valence-electron chi connectivity index (χ3n) is 5.01. The van der Waals surface area contributed by atoms with Crippen LogP contribution in [0.15, 0.2) is 70.2 Å². The summed E-state index contributed by atoms with van der Waals surface area (Å²) in [4.78, 5) is 17.4. The first kappa shape index (κ1) is 21.8. The fraction of sp³-hybridized carbons (Fsp3) is 0.0800. The van der Waals surface area contributed by atoms with Crippen LogP contribution in [-0.2, 0) is 0 Å². The molecule has 2 aromatic heterocycles. The highest BCUT2D eigenvalue weighted by Crippen LogP contribution is 2.36. The number of carbonyl (C=O) groups is 1. The summed E-state index contributed by atoms with van der Waals surface area (Å²) in [5.41, 5.74) is 9.10. The fourth-order valence-corrected chi connectivity index (χ4v) is 4.36. The molecule has 2 aromatic carbocycles. The molecule has 0 radical (unpaired) electrons. The van der Waals surface area contributed by atoms with Crippen molar-refractivity contribution in [2.45, 2.75) is 11.9 Å². The second-order valence-electron chi connectivity index (χ2n) is 7.06. The van der Waals surface area contributed by atoms with E-state index in [0.717, 1.165) is 17.3 Å². The number of hydrogen-bond donors (Lipinski definition) is 1. The molecule has 4 rings (SSSR count). The Bertz CT molecular complexity index is 1420. The molecule has 0 spiro atoms. The van der Waals surface area contributed by atoms with Crippen molar-refractivity contribution in [3.63, 3.8) is 0 Å². The molecule has 0 fully saturated rings. The van der Waals surface area contributed by atoms with Gasteiger partial charge in [0, 0.05) is 11.1 Å². The first-order chi connectivity index (χ1) is 16.0. The van der Waals surface area contributed by atoms with Crippen molar-refractivity contribution in [3.05, 3.63) is 83.1 Å². The van der Waals surface area contributed by atoms with Gasteiger partial charge in [-0.3, -0.25) is 4.79 Å². The van der Waals surface area contributed by atoms with Crippen LogP contribution in [0.25, 0.3) is 22.4 Å². The molecular weight excluding hydrogens is 434 g/mol. The molecule has 0 saturated heterocycles. The van der Waals surface area contributed by atoms with E-state index in [1.54, 1.807) is 19.1 Å². The number of nitrogens with two attached hydrogens (primary N) is 1. The number of nitrogens with zero attached hydrogens (tertiary/aromatic N) is 4. The van der Waals surface area contributed by atoms with E-state index in [1.165, 1.54) is 0 Å². The Labute approximate surface area is 194 Å². The number of nitrogen functional groups attached to an aromatic ring is 1. The van der Waals surface area contributed by atoms with Crippen LogP contribution in [0.5, 0.6) is 0 Å². The monoisotopic (exact) mass is 451 g/mol. The van der Waals surface area contributed by atoms with Crippen LogP contribution in [0, 0.1) is 29.6 Å². The van der Waals surface area contributed by atoms with Crippen molar-refractivity contribution in [3.8, 4) is 34.5 Å². The van der Waals surface area contributed by atoms with Crippen molar-refractivity contribution in [2.75, 3.05) is 11.5 Å². The van der Waals surface area contributed by atoms with Gasteiger partial charge in [-0.1, -0.05) is 77.6 Å². The molecule has 0 atom stereocenters. The molecule has 0 aliphatic rings. The molecule has 0 saturated carbocycles. The number of aryl methyl sites for hydroxylation is 1. The van der Waals surface area contributed by atoms with E-state index in [2.05, 4.69) is 16.2 Å². The van der Waals surface area contributed by atoms with Gasteiger partial charge in [-0.15, -0.1) is 0 Å². The third kappa shape index (κ3) is 4.20. The first-order valence-electron chi connectivity index (χ1n) is 9.92. The molecule has 0 aliphatic heterocycles. The molecule has 0 unspecified atom stereocenters. The molecule has 33 heavy (non-hydrogen) atoms. The van der Waals surface area contributed by atoms with Gasteiger partial charge < -0.3 is 10.3 Å². The zero-order valence-electron chi connectivity index (χ0n) is 17.6. The molecule has 0 aliphatic carbocycles. The number of thioether (sulfide) groups is 1. The predicted octanol–water partition coefficient (Wildman–Crippen LogP) is 5.01. The van der Waals surface area contributed by atoms with Gasteiger partial charge in [0.25, 0.3) is 0 Å². The van der Waals surface area contributed by atoms with Crippen molar-refractivity contribution in [1.29, 1.82) is 10.5 Å². The van der Waals surface area contributed by atoms with Gasteiger partial charge in [-0.05, 0) is 12.5 Å². The van der Waals surface area contributed by atoms with Crippen LogP contribution in [0.4, 0.5) is 5.82 Å². The van der Waals surface area contributed by atoms with Gasteiger partial charge in [-0.25, -0.2) is 4.98 Å². The standard InChI is InChI=1S/C25H17N5O2S/c1-15-21(23(30-32-15)17-10-6-3-7-11-17)20(31)14-33-25-19(13-27)22(16-8-4-2-5-9-16)18(12-26)24(28)29-25/h2-11H,14H2,1H3,(H2,28,29). The van der Waals surface area contributed by atoms with Gasteiger partial charge >= 0.3 is 0 Å². The molecule has 4 aromatic rings. The lowest BCUT2D eigenvalue weighted by atomic mass is 9.97. The molecule has 0 amide bonds. The molecule has 7 nitrogen and oxygen atoms in total. The summed E-state index contributed by atoms with van der Waals surface area (Å²) in [7, 11) is 0. The Kier molecular flexibility index (Phi) is 6.21. The highest BCUT2D eigenvalue weighted by molar-refractivity contribution is 8.00. The minimum atomic E-state index is -0.215. The minimum absolute atomic E-state index is 0.0106. The lowest BCUT2D eigenvalue weighted by Gasteiger charge is -2.12. The van der Waals surface area contributed by atoms with Crippen LogP contribution in [0.3, 0.4) is 0 Å². The summed E-state index contributed by atoms with van der Waals surface area (Å²) < 4.78 is 5.29. The number of carbonyl (C=O) groups excluding carboxylic acids is 1. The first-order valence-corrected chi connectivity index (χ1v) is 10.9. The van der Waals surface area contributed by atoms with E-state index in [4.69, 9.17) is 10.3 Å². The van der Waals surface area contributed by atoms with Crippen LogP contribution in [-0.4, -0.2) is 21.7 Å². The Morgan fingerprint density at radius 1 is 1.00 bits per heavy atom. The molecule has 0 bridgehead atoms. The predicted molar refractivity (Wildman–Crippen MR) is 125 cm³/mol. The van der Waals surface area contributed by atoms with E-state index in [-0.39, 0.29) is 33.5 Å². The van der Waals surface area contributed by atoms with Gasteiger partial charge in [0.1, 0.15) is 40.0 Å². The molecular formula is C25H17N5O2S. The van der Waals surface area contributed by atoms with Gasteiger partial charge in [0.05, 0.1) is 16.9 Å². The van der Waals surface area contributed by atoms with Crippen molar-refractivity contribution in [1.82, 2.24) is 10.1 Å². The number of rotatable bonds is 6. The number of pyridine rings is 1. The Balaban J connectivity index is 1.70. The normalized spacial score (nSPS) is 10.4. The lowest BCUT2D eigenvalue weighted by molar-refractivity contribution is 0.102. The second-order valence-corrected chi connectivity index (χ2v) is 8.02. The molecule has 2 heterocycles. The summed E-state index contributed by atoms with van der Waals surface area (Å²) >= 11 is 1.09.